The highest BCUT2D eigenvalue weighted by Crippen LogP contribution is 2.19. The minimum atomic E-state index is 0.0378. The Balaban J connectivity index is 1.87. The molecule has 21 heavy (non-hydrogen) atoms. The molecule has 0 bridgehead atoms. The van der Waals surface area contributed by atoms with Gasteiger partial charge >= 0.3 is 0 Å². The van der Waals surface area contributed by atoms with Gasteiger partial charge in [0.1, 0.15) is 0 Å². The van der Waals surface area contributed by atoms with E-state index in [1.165, 1.54) is 0 Å². The Morgan fingerprint density at radius 2 is 2.19 bits per heavy atom. The van der Waals surface area contributed by atoms with Crippen LogP contribution in [0.15, 0.2) is 24.3 Å². The van der Waals surface area contributed by atoms with Crippen molar-refractivity contribution >= 4 is 11.6 Å². The Morgan fingerprint density at radius 3 is 2.81 bits per heavy atom. The number of anilines is 1. The minimum absolute atomic E-state index is 0.0378. The molecule has 5 nitrogen and oxygen atoms in total. The maximum atomic E-state index is 12.2. The molecule has 2 rings (SSSR count). The van der Waals surface area contributed by atoms with Crippen LogP contribution >= 0.6 is 0 Å². The fourth-order valence-electron chi connectivity index (χ4n) is 3.03. The van der Waals surface area contributed by atoms with E-state index in [1.54, 1.807) is 0 Å². The second-order valence-corrected chi connectivity index (χ2v) is 6.16. The van der Waals surface area contributed by atoms with Gasteiger partial charge in [0.2, 0.25) is 5.91 Å². The molecular weight excluding hydrogens is 264 g/mol. The summed E-state index contributed by atoms with van der Waals surface area (Å²) in [7, 11) is 4.20. The van der Waals surface area contributed by atoms with Crippen LogP contribution in [0.1, 0.15) is 12.5 Å². The number of likely N-dealkylation sites (tertiary alicyclic amines) is 1. The molecule has 1 amide bonds. The van der Waals surface area contributed by atoms with Crippen molar-refractivity contribution in [1.29, 1.82) is 0 Å². The van der Waals surface area contributed by atoms with Crippen molar-refractivity contribution in [2.75, 3.05) is 39.0 Å². The topological polar surface area (TPSA) is 61.6 Å². The quantitative estimate of drug-likeness (QED) is 0.848. The van der Waals surface area contributed by atoms with Gasteiger partial charge in [-0.15, -0.1) is 0 Å². The summed E-state index contributed by atoms with van der Waals surface area (Å²) in [5, 5.41) is 2.95. The Kier molecular flexibility index (Phi) is 5.33. The lowest BCUT2D eigenvalue weighted by Crippen LogP contribution is -2.36. The van der Waals surface area contributed by atoms with E-state index >= 15 is 0 Å². The Bertz CT molecular complexity index is 489. The van der Waals surface area contributed by atoms with Crippen LogP contribution in [0.4, 0.5) is 5.69 Å². The highest BCUT2D eigenvalue weighted by molar-refractivity contribution is 5.92. The van der Waals surface area contributed by atoms with Crippen LogP contribution in [-0.2, 0) is 11.3 Å². The second-order valence-electron chi connectivity index (χ2n) is 6.16. The van der Waals surface area contributed by atoms with Gasteiger partial charge in [0.25, 0.3) is 0 Å². The number of nitrogens with two attached hydrogens (primary N) is 1. The molecule has 0 spiro atoms. The van der Waals surface area contributed by atoms with Gasteiger partial charge in [0, 0.05) is 31.4 Å². The average molecular weight is 290 g/mol. The summed E-state index contributed by atoms with van der Waals surface area (Å²) in [5.74, 6) is 0.629. The molecule has 1 heterocycles. The molecule has 5 heteroatoms. The summed E-state index contributed by atoms with van der Waals surface area (Å²) in [6.07, 6.45) is 0. The molecule has 3 N–H and O–H groups in total. The maximum Gasteiger partial charge on any atom is 0.238 e. The van der Waals surface area contributed by atoms with Gasteiger partial charge in [-0.05, 0) is 37.7 Å². The van der Waals surface area contributed by atoms with E-state index in [4.69, 9.17) is 5.73 Å². The lowest BCUT2D eigenvalue weighted by Gasteiger charge is -2.22. The Hall–Kier alpha value is -1.43. The third kappa shape index (κ3) is 4.27. The first-order valence-electron chi connectivity index (χ1n) is 7.47. The third-order valence-corrected chi connectivity index (χ3v) is 4.13. The number of carbonyl (C=O) groups is 1. The fraction of sp³-hybridized carbons (Fsp3) is 0.562. The number of rotatable bonds is 5. The predicted octanol–water partition coefficient (Wildman–Crippen LogP) is 0.966. The van der Waals surface area contributed by atoms with E-state index < -0.39 is 0 Å². The SMILES string of the molecule is CC1CN(CC(=O)Nc2cccc(CN)c2)CC1N(C)C. The van der Waals surface area contributed by atoms with E-state index in [-0.39, 0.29) is 5.91 Å². The second kappa shape index (κ2) is 7.02. The van der Waals surface area contributed by atoms with Crippen LogP contribution in [0.5, 0.6) is 0 Å². The standard InChI is InChI=1S/C16H26N4O/c1-12-9-20(10-15(12)19(2)3)11-16(21)18-14-6-4-5-13(7-14)8-17/h4-7,12,15H,8-11,17H2,1-3H3,(H,18,21). The van der Waals surface area contributed by atoms with Crippen LogP contribution in [0.2, 0.25) is 0 Å². The number of hydrogen-bond acceptors (Lipinski definition) is 4. The first kappa shape index (κ1) is 15.9. The normalized spacial score (nSPS) is 22.7. The van der Waals surface area contributed by atoms with Crippen LogP contribution < -0.4 is 11.1 Å². The predicted molar refractivity (Wildman–Crippen MR) is 86.0 cm³/mol. The summed E-state index contributed by atoms with van der Waals surface area (Å²) < 4.78 is 0. The van der Waals surface area contributed by atoms with Crippen LogP contribution in [0.3, 0.4) is 0 Å². The largest absolute Gasteiger partial charge is 0.326 e. The Labute approximate surface area is 127 Å². The van der Waals surface area contributed by atoms with E-state index in [9.17, 15) is 4.79 Å². The summed E-state index contributed by atoms with van der Waals surface area (Å²) in [6, 6.07) is 8.22. The van der Waals surface area contributed by atoms with Crippen LogP contribution in [0, 0.1) is 5.92 Å². The van der Waals surface area contributed by atoms with Gasteiger partial charge in [-0.3, -0.25) is 9.69 Å². The first-order valence-corrected chi connectivity index (χ1v) is 7.47. The smallest absolute Gasteiger partial charge is 0.238 e. The molecule has 0 aliphatic carbocycles. The van der Waals surface area contributed by atoms with Gasteiger partial charge in [-0.25, -0.2) is 0 Å². The summed E-state index contributed by atoms with van der Waals surface area (Å²) >= 11 is 0. The van der Waals surface area contributed by atoms with Crippen molar-refractivity contribution in [3.63, 3.8) is 0 Å². The molecule has 1 fully saturated rings. The lowest BCUT2D eigenvalue weighted by atomic mass is 10.1. The molecule has 0 radical (unpaired) electrons. The summed E-state index contributed by atoms with van der Waals surface area (Å²) in [4.78, 5) is 16.6. The van der Waals surface area contributed by atoms with Crippen LogP contribution in [-0.4, -0.2) is 55.5 Å². The third-order valence-electron chi connectivity index (χ3n) is 4.13. The lowest BCUT2D eigenvalue weighted by molar-refractivity contribution is -0.117. The van der Waals surface area contributed by atoms with Gasteiger partial charge in [0.15, 0.2) is 0 Å². The van der Waals surface area contributed by atoms with E-state index in [0.29, 0.717) is 25.0 Å². The number of amides is 1. The zero-order valence-electron chi connectivity index (χ0n) is 13.2. The number of nitrogens with one attached hydrogen (secondary N) is 1. The molecular formula is C16H26N4O. The molecule has 0 aromatic heterocycles. The monoisotopic (exact) mass is 290 g/mol. The molecule has 2 atom stereocenters. The highest BCUT2D eigenvalue weighted by atomic mass is 16.2. The summed E-state index contributed by atoms with van der Waals surface area (Å²) in [6.45, 7) is 5.09. The number of likely N-dealkylation sites (N-methyl/N-ethyl adjacent to an activating group) is 1. The Morgan fingerprint density at radius 1 is 1.43 bits per heavy atom. The van der Waals surface area contributed by atoms with Crippen molar-refractivity contribution in [1.82, 2.24) is 9.80 Å². The first-order chi connectivity index (χ1) is 9.99. The molecule has 116 valence electrons. The molecule has 2 unspecified atom stereocenters. The molecule has 0 saturated carbocycles. The van der Waals surface area contributed by atoms with Gasteiger partial charge < -0.3 is 16.0 Å². The van der Waals surface area contributed by atoms with Gasteiger partial charge in [-0.2, -0.15) is 0 Å². The van der Waals surface area contributed by atoms with Crippen molar-refractivity contribution < 1.29 is 4.79 Å². The van der Waals surface area contributed by atoms with Gasteiger partial charge in [0.05, 0.1) is 6.54 Å². The number of nitrogens with zero attached hydrogens (tertiary/aromatic N) is 2. The molecule has 1 aliphatic rings. The van der Waals surface area contributed by atoms with Crippen molar-refractivity contribution in [3.8, 4) is 0 Å². The number of benzene rings is 1. The minimum Gasteiger partial charge on any atom is -0.326 e. The zero-order valence-corrected chi connectivity index (χ0v) is 13.2. The molecule has 1 aliphatic heterocycles. The van der Waals surface area contributed by atoms with Crippen molar-refractivity contribution in [3.05, 3.63) is 29.8 Å². The zero-order chi connectivity index (χ0) is 15.4. The molecule has 1 aromatic rings. The van der Waals surface area contributed by atoms with E-state index in [0.717, 1.165) is 24.3 Å². The van der Waals surface area contributed by atoms with Gasteiger partial charge in [-0.1, -0.05) is 19.1 Å². The molecule has 1 aromatic carbocycles. The van der Waals surface area contributed by atoms with E-state index in [2.05, 4.69) is 36.1 Å². The number of carbonyl (C=O) groups excluding carboxylic acids is 1. The average Bonchev–Trinajstić information content (AvgIpc) is 2.79. The fourth-order valence-corrected chi connectivity index (χ4v) is 3.03. The van der Waals surface area contributed by atoms with E-state index in [1.807, 2.05) is 24.3 Å². The van der Waals surface area contributed by atoms with Crippen molar-refractivity contribution in [2.45, 2.75) is 19.5 Å². The highest BCUT2D eigenvalue weighted by Gasteiger charge is 2.31. The molecule has 1 saturated heterocycles. The van der Waals surface area contributed by atoms with Crippen LogP contribution in [0.25, 0.3) is 0 Å². The maximum absolute atomic E-state index is 12.2. The number of hydrogen-bond donors (Lipinski definition) is 2. The summed E-state index contributed by atoms with van der Waals surface area (Å²) in [5.41, 5.74) is 7.46. The van der Waals surface area contributed by atoms with Crippen molar-refractivity contribution in [2.24, 2.45) is 11.7 Å².